The van der Waals surface area contributed by atoms with E-state index in [4.69, 9.17) is 4.74 Å². The van der Waals surface area contributed by atoms with Crippen LogP contribution in [0.15, 0.2) is 24.8 Å². The molecule has 0 atom stereocenters. The molecular formula is C12H15NO3. The second-order valence-electron chi connectivity index (χ2n) is 3.39. The highest BCUT2D eigenvalue weighted by atomic mass is 16.6. The van der Waals surface area contributed by atoms with Crippen LogP contribution in [0, 0.1) is 10.1 Å². The third-order valence-electron chi connectivity index (χ3n) is 2.18. The van der Waals surface area contributed by atoms with Gasteiger partial charge in [0.15, 0.2) is 0 Å². The van der Waals surface area contributed by atoms with E-state index >= 15 is 0 Å². The van der Waals surface area contributed by atoms with Crippen molar-refractivity contribution >= 4 is 11.8 Å². The average molecular weight is 221 g/mol. The van der Waals surface area contributed by atoms with Gasteiger partial charge in [-0.1, -0.05) is 26.0 Å². The van der Waals surface area contributed by atoms with Gasteiger partial charge >= 0.3 is 0 Å². The molecule has 1 rings (SSSR count). The monoisotopic (exact) mass is 221 g/mol. The van der Waals surface area contributed by atoms with Gasteiger partial charge in [-0.05, 0) is 12.5 Å². The fourth-order valence-corrected chi connectivity index (χ4v) is 1.27. The van der Waals surface area contributed by atoms with Crippen LogP contribution in [-0.2, 0) is 0 Å². The third kappa shape index (κ3) is 3.08. The number of benzene rings is 1. The van der Waals surface area contributed by atoms with E-state index in [0.29, 0.717) is 17.9 Å². The summed E-state index contributed by atoms with van der Waals surface area (Å²) in [7, 11) is 0. The second kappa shape index (κ2) is 5.90. The largest absolute Gasteiger partial charge is 0.493 e. The van der Waals surface area contributed by atoms with Crippen LogP contribution in [0.25, 0.3) is 6.08 Å². The zero-order valence-electron chi connectivity index (χ0n) is 9.31. The molecule has 0 bridgehead atoms. The van der Waals surface area contributed by atoms with Gasteiger partial charge in [-0.2, -0.15) is 0 Å². The molecule has 16 heavy (non-hydrogen) atoms. The molecule has 0 heterocycles. The number of hydrogen-bond acceptors (Lipinski definition) is 3. The summed E-state index contributed by atoms with van der Waals surface area (Å²) < 4.78 is 5.51. The van der Waals surface area contributed by atoms with Crippen LogP contribution in [0.1, 0.15) is 25.3 Å². The van der Waals surface area contributed by atoms with Gasteiger partial charge in [-0.25, -0.2) is 0 Å². The van der Waals surface area contributed by atoms with E-state index in [1.54, 1.807) is 12.1 Å². The Morgan fingerprint density at radius 3 is 2.88 bits per heavy atom. The van der Waals surface area contributed by atoms with Crippen LogP contribution in [-0.4, -0.2) is 11.5 Å². The van der Waals surface area contributed by atoms with Gasteiger partial charge in [0, 0.05) is 17.7 Å². The summed E-state index contributed by atoms with van der Waals surface area (Å²) in [5, 5.41) is 10.6. The number of rotatable bonds is 6. The molecule has 0 spiro atoms. The standard InChI is InChI=1S/C12H15NO3/c1-3-5-8-16-12-7-6-11(13(14)15)9-10(12)4-2/h4,6-7,9H,2-3,5,8H2,1H3. The van der Waals surface area contributed by atoms with Gasteiger partial charge in [0.1, 0.15) is 5.75 Å². The Hall–Kier alpha value is -1.84. The quantitative estimate of drug-likeness (QED) is 0.420. The lowest BCUT2D eigenvalue weighted by atomic mass is 10.2. The van der Waals surface area contributed by atoms with Crippen molar-refractivity contribution in [2.75, 3.05) is 6.61 Å². The van der Waals surface area contributed by atoms with E-state index in [1.165, 1.54) is 12.1 Å². The molecule has 0 aromatic heterocycles. The number of hydrogen-bond donors (Lipinski definition) is 0. The Bertz CT molecular complexity index is 388. The molecule has 1 aromatic carbocycles. The summed E-state index contributed by atoms with van der Waals surface area (Å²) in [5.74, 6) is 0.647. The molecule has 0 aliphatic heterocycles. The Morgan fingerprint density at radius 2 is 2.31 bits per heavy atom. The van der Waals surface area contributed by atoms with Crippen LogP contribution < -0.4 is 4.74 Å². The van der Waals surface area contributed by atoms with Crippen LogP contribution in [0.4, 0.5) is 5.69 Å². The van der Waals surface area contributed by atoms with Gasteiger partial charge in [0.25, 0.3) is 5.69 Å². The van der Waals surface area contributed by atoms with Crippen LogP contribution in [0.5, 0.6) is 5.75 Å². The molecule has 0 radical (unpaired) electrons. The molecule has 86 valence electrons. The van der Waals surface area contributed by atoms with E-state index in [9.17, 15) is 10.1 Å². The summed E-state index contributed by atoms with van der Waals surface area (Å²) in [6, 6.07) is 4.52. The number of non-ortho nitro benzene ring substituents is 1. The summed E-state index contributed by atoms with van der Waals surface area (Å²) >= 11 is 0. The Morgan fingerprint density at radius 1 is 1.56 bits per heavy atom. The molecule has 0 saturated heterocycles. The lowest BCUT2D eigenvalue weighted by Crippen LogP contribution is -1.98. The molecule has 0 N–H and O–H groups in total. The Kier molecular flexibility index (Phi) is 4.51. The zero-order chi connectivity index (χ0) is 12.0. The fourth-order valence-electron chi connectivity index (χ4n) is 1.27. The highest BCUT2D eigenvalue weighted by Gasteiger charge is 2.09. The first-order valence-corrected chi connectivity index (χ1v) is 5.22. The van der Waals surface area contributed by atoms with Gasteiger partial charge in [-0.3, -0.25) is 10.1 Å². The highest BCUT2D eigenvalue weighted by molar-refractivity contribution is 5.59. The van der Waals surface area contributed by atoms with Crippen molar-refractivity contribution in [2.45, 2.75) is 19.8 Å². The molecule has 0 saturated carbocycles. The van der Waals surface area contributed by atoms with Crippen molar-refractivity contribution in [1.29, 1.82) is 0 Å². The minimum absolute atomic E-state index is 0.0535. The van der Waals surface area contributed by atoms with Crippen LogP contribution in [0.3, 0.4) is 0 Å². The molecule has 4 heteroatoms. The van der Waals surface area contributed by atoms with E-state index in [2.05, 4.69) is 13.5 Å². The van der Waals surface area contributed by atoms with E-state index in [-0.39, 0.29) is 5.69 Å². The maximum Gasteiger partial charge on any atom is 0.270 e. The predicted molar refractivity (Wildman–Crippen MR) is 63.6 cm³/mol. The topological polar surface area (TPSA) is 52.4 Å². The van der Waals surface area contributed by atoms with E-state index < -0.39 is 4.92 Å². The summed E-state index contributed by atoms with van der Waals surface area (Å²) in [6.45, 7) is 6.31. The first-order chi connectivity index (χ1) is 7.69. The minimum Gasteiger partial charge on any atom is -0.493 e. The zero-order valence-corrected chi connectivity index (χ0v) is 9.31. The molecule has 0 aliphatic rings. The SMILES string of the molecule is C=Cc1cc([N+](=O)[O-])ccc1OCCCC. The van der Waals surface area contributed by atoms with E-state index in [0.717, 1.165) is 12.8 Å². The number of nitro groups is 1. The maximum atomic E-state index is 10.6. The smallest absolute Gasteiger partial charge is 0.270 e. The minimum atomic E-state index is -0.428. The van der Waals surface area contributed by atoms with E-state index in [1.807, 2.05) is 0 Å². The fraction of sp³-hybridized carbons (Fsp3) is 0.333. The Labute approximate surface area is 94.7 Å². The molecule has 0 fully saturated rings. The Balaban J connectivity index is 2.84. The first-order valence-electron chi connectivity index (χ1n) is 5.22. The predicted octanol–water partition coefficient (Wildman–Crippen LogP) is 3.42. The van der Waals surface area contributed by atoms with Crippen LogP contribution in [0.2, 0.25) is 0 Å². The normalized spacial score (nSPS) is 9.81. The molecule has 0 amide bonds. The van der Waals surface area contributed by atoms with Gasteiger partial charge in [-0.15, -0.1) is 0 Å². The lowest BCUT2D eigenvalue weighted by Gasteiger charge is -2.08. The van der Waals surface area contributed by atoms with Crippen LogP contribution >= 0.6 is 0 Å². The van der Waals surface area contributed by atoms with Crippen molar-refractivity contribution in [2.24, 2.45) is 0 Å². The molecular weight excluding hydrogens is 206 g/mol. The van der Waals surface area contributed by atoms with Crippen molar-refractivity contribution < 1.29 is 9.66 Å². The lowest BCUT2D eigenvalue weighted by molar-refractivity contribution is -0.384. The number of ether oxygens (including phenoxy) is 1. The average Bonchev–Trinajstić information content (AvgIpc) is 2.29. The molecule has 4 nitrogen and oxygen atoms in total. The first kappa shape index (κ1) is 12.2. The summed E-state index contributed by atoms with van der Waals surface area (Å²) in [5.41, 5.74) is 0.711. The van der Waals surface area contributed by atoms with Gasteiger partial charge in [0.2, 0.25) is 0 Å². The van der Waals surface area contributed by atoms with Crippen molar-refractivity contribution in [3.63, 3.8) is 0 Å². The van der Waals surface area contributed by atoms with Gasteiger partial charge < -0.3 is 4.74 Å². The maximum absolute atomic E-state index is 10.6. The third-order valence-corrected chi connectivity index (χ3v) is 2.18. The van der Waals surface area contributed by atoms with Gasteiger partial charge in [0.05, 0.1) is 11.5 Å². The van der Waals surface area contributed by atoms with Crippen molar-refractivity contribution in [1.82, 2.24) is 0 Å². The summed E-state index contributed by atoms with van der Waals surface area (Å²) in [6.07, 6.45) is 3.58. The molecule has 1 aromatic rings. The highest BCUT2D eigenvalue weighted by Crippen LogP contribution is 2.25. The summed E-state index contributed by atoms with van der Waals surface area (Å²) in [4.78, 5) is 10.1. The second-order valence-corrected chi connectivity index (χ2v) is 3.39. The molecule has 0 unspecified atom stereocenters. The van der Waals surface area contributed by atoms with Crippen molar-refractivity contribution in [3.8, 4) is 5.75 Å². The molecule has 0 aliphatic carbocycles. The number of nitro benzene ring substituents is 1. The number of nitrogens with zero attached hydrogens (tertiary/aromatic N) is 1. The van der Waals surface area contributed by atoms with Crippen molar-refractivity contribution in [3.05, 3.63) is 40.5 Å². The number of unbranched alkanes of at least 4 members (excludes halogenated alkanes) is 1.